The quantitative estimate of drug-likeness (QED) is 0.778. The molecular weight excluding hydrogens is 242 g/mol. The highest BCUT2D eigenvalue weighted by atomic mass is 32.2. The van der Waals surface area contributed by atoms with Gasteiger partial charge < -0.3 is 4.74 Å². The molecule has 0 saturated carbocycles. The van der Waals surface area contributed by atoms with Crippen molar-refractivity contribution >= 4 is 11.8 Å². The number of thioether (sulfide) groups is 1. The first-order valence-corrected chi connectivity index (χ1v) is 6.56. The van der Waals surface area contributed by atoms with Crippen molar-refractivity contribution in [1.82, 2.24) is 0 Å². The molecule has 0 aliphatic rings. The highest BCUT2D eigenvalue weighted by Crippen LogP contribution is 2.24. The van der Waals surface area contributed by atoms with E-state index in [1.165, 1.54) is 10.5 Å². The van der Waals surface area contributed by atoms with Crippen molar-refractivity contribution in [3.8, 4) is 11.8 Å². The minimum absolute atomic E-state index is 0.702. The molecule has 0 spiro atoms. The number of rotatable bonds is 4. The Morgan fingerprint density at radius 3 is 2.28 bits per heavy atom. The summed E-state index contributed by atoms with van der Waals surface area (Å²) >= 11 is 1.77. The Morgan fingerprint density at radius 1 is 1.06 bits per heavy atom. The highest BCUT2D eigenvalue weighted by Gasteiger charge is 1.98. The summed E-state index contributed by atoms with van der Waals surface area (Å²) in [5.74, 6) is 1.77. The number of hydrogen-bond donors (Lipinski definition) is 0. The molecule has 2 aromatic rings. The molecule has 2 rings (SSSR count). The van der Waals surface area contributed by atoms with E-state index < -0.39 is 0 Å². The van der Waals surface area contributed by atoms with E-state index in [2.05, 4.69) is 6.07 Å². The standard InChI is InChI=1S/C15H13NOS/c1-17-14-6-8-15(9-7-14)18-11-13-4-2-12(10-16)3-5-13/h2-9H,11H2,1H3. The van der Waals surface area contributed by atoms with E-state index in [9.17, 15) is 0 Å². The van der Waals surface area contributed by atoms with Crippen LogP contribution in [0, 0.1) is 11.3 Å². The number of nitrogens with zero attached hydrogens (tertiary/aromatic N) is 1. The first-order valence-electron chi connectivity index (χ1n) is 5.58. The van der Waals surface area contributed by atoms with Crippen molar-refractivity contribution in [2.45, 2.75) is 10.6 Å². The van der Waals surface area contributed by atoms with Crippen LogP contribution in [0.2, 0.25) is 0 Å². The van der Waals surface area contributed by atoms with Crippen LogP contribution in [0.1, 0.15) is 11.1 Å². The molecule has 0 radical (unpaired) electrons. The van der Waals surface area contributed by atoms with Crippen molar-refractivity contribution in [2.24, 2.45) is 0 Å². The highest BCUT2D eigenvalue weighted by molar-refractivity contribution is 7.98. The van der Waals surface area contributed by atoms with Gasteiger partial charge in [-0.2, -0.15) is 5.26 Å². The molecule has 0 fully saturated rings. The Balaban J connectivity index is 1.95. The molecule has 0 bridgehead atoms. The summed E-state index contributed by atoms with van der Waals surface area (Å²) in [5, 5.41) is 8.72. The SMILES string of the molecule is COc1ccc(SCc2ccc(C#N)cc2)cc1. The predicted molar refractivity (Wildman–Crippen MR) is 73.7 cm³/mol. The van der Waals surface area contributed by atoms with Gasteiger partial charge >= 0.3 is 0 Å². The molecule has 90 valence electrons. The maximum atomic E-state index is 8.72. The zero-order valence-electron chi connectivity index (χ0n) is 10.1. The summed E-state index contributed by atoms with van der Waals surface area (Å²) in [4.78, 5) is 1.21. The Morgan fingerprint density at radius 2 is 1.72 bits per heavy atom. The van der Waals surface area contributed by atoms with E-state index in [4.69, 9.17) is 10.00 Å². The minimum Gasteiger partial charge on any atom is -0.497 e. The summed E-state index contributed by atoms with van der Waals surface area (Å²) in [5.41, 5.74) is 1.92. The van der Waals surface area contributed by atoms with Crippen molar-refractivity contribution < 1.29 is 4.74 Å². The van der Waals surface area contributed by atoms with Crippen molar-refractivity contribution in [3.05, 3.63) is 59.7 Å². The van der Waals surface area contributed by atoms with Crippen LogP contribution in [0.5, 0.6) is 5.75 Å². The van der Waals surface area contributed by atoms with E-state index in [1.54, 1.807) is 18.9 Å². The predicted octanol–water partition coefficient (Wildman–Crippen LogP) is 3.86. The Hall–Kier alpha value is -1.92. The molecular formula is C15H13NOS. The van der Waals surface area contributed by atoms with E-state index in [0.717, 1.165) is 11.5 Å². The zero-order valence-corrected chi connectivity index (χ0v) is 10.9. The van der Waals surface area contributed by atoms with Crippen LogP contribution in [0.25, 0.3) is 0 Å². The maximum absolute atomic E-state index is 8.72. The van der Waals surface area contributed by atoms with Crippen LogP contribution >= 0.6 is 11.8 Å². The van der Waals surface area contributed by atoms with Gasteiger partial charge in [0.2, 0.25) is 0 Å². The summed E-state index contributed by atoms with van der Waals surface area (Å²) < 4.78 is 5.12. The maximum Gasteiger partial charge on any atom is 0.118 e. The van der Waals surface area contributed by atoms with Crippen LogP contribution in [-0.4, -0.2) is 7.11 Å². The first kappa shape index (κ1) is 12.5. The Labute approximate surface area is 111 Å². The number of methoxy groups -OCH3 is 1. The fraction of sp³-hybridized carbons (Fsp3) is 0.133. The van der Waals surface area contributed by atoms with Gasteiger partial charge in [-0.25, -0.2) is 0 Å². The lowest BCUT2D eigenvalue weighted by Gasteiger charge is -2.04. The second-order valence-electron chi connectivity index (χ2n) is 3.77. The molecule has 0 aliphatic carbocycles. The molecule has 0 amide bonds. The van der Waals surface area contributed by atoms with Gasteiger partial charge in [0.05, 0.1) is 18.7 Å². The van der Waals surface area contributed by atoms with Crippen molar-refractivity contribution in [3.63, 3.8) is 0 Å². The van der Waals surface area contributed by atoms with Gasteiger partial charge in [-0.3, -0.25) is 0 Å². The van der Waals surface area contributed by atoms with E-state index in [0.29, 0.717) is 5.56 Å². The van der Waals surface area contributed by atoms with E-state index in [-0.39, 0.29) is 0 Å². The van der Waals surface area contributed by atoms with Crippen LogP contribution < -0.4 is 4.74 Å². The van der Waals surface area contributed by atoms with Gasteiger partial charge in [-0.1, -0.05) is 12.1 Å². The molecule has 2 nitrogen and oxygen atoms in total. The molecule has 0 N–H and O–H groups in total. The fourth-order valence-corrected chi connectivity index (χ4v) is 2.37. The lowest BCUT2D eigenvalue weighted by Crippen LogP contribution is -1.83. The Bertz CT molecular complexity index is 540. The van der Waals surface area contributed by atoms with E-state index >= 15 is 0 Å². The van der Waals surface area contributed by atoms with Crippen LogP contribution in [0.4, 0.5) is 0 Å². The molecule has 3 heteroatoms. The van der Waals surface area contributed by atoms with Crippen LogP contribution in [-0.2, 0) is 5.75 Å². The normalized spacial score (nSPS) is 9.78. The van der Waals surface area contributed by atoms with Crippen LogP contribution in [0.15, 0.2) is 53.4 Å². The number of benzene rings is 2. The molecule has 0 heterocycles. The Kier molecular flexibility index (Phi) is 4.27. The third kappa shape index (κ3) is 3.28. The van der Waals surface area contributed by atoms with Gasteiger partial charge in [-0.05, 0) is 42.0 Å². The topological polar surface area (TPSA) is 33.0 Å². The molecule has 0 unspecified atom stereocenters. The van der Waals surface area contributed by atoms with Gasteiger partial charge in [0.15, 0.2) is 0 Å². The number of hydrogen-bond acceptors (Lipinski definition) is 3. The molecule has 0 saturated heterocycles. The number of ether oxygens (including phenoxy) is 1. The van der Waals surface area contributed by atoms with Gasteiger partial charge in [-0.15, -0.1) is 11.8 Å². The lowest BCUT2D eigenvalue weighted by molar-refractivity contribution is 0.414. The third-order valence-corrected chi connectivity index (χ3v) is 3.63. The van der Waals surface area contributed by atoms with Crippen molar-refractivity contribution in [1.29, 1.82) is 5.26 Å². The monoisotopic (exact) mass is 255 g/mol. The number of nitriles is 1. The van der Waals surface area contributed by atoms with Crippen LogP contribution in [0.3, 0.4) is 0 Å². The third-order valence-electron chi connectivity index (χ3n) is 2.55. The fourth-order valence-electron chi connectivity index (χ4n) is 1.51. The summed E-state index contributed by atoms with van der Waals surface area (Å²) in [6.45, 7) is 0. The summed E-state index contributed by atoms with van der Waals surface area (Å²) in [6.07, 6.45) is 0. The smallest absolute Gasteiger partial charge is 0.118 e. The molecule has 0 aliphatic heterocycles. The molecule has 2 aromatic carbocycles. The second-order valence-corrected chi connectivity index (χ2v) is 4.82. The van der Waals surface area contributed by atoms with Gasteiger partial charge in [0.1, 0.15) is 5.75 Å². The summed E-state index contributed by atoms with van der Waals surface area (Å²) in [7, 11) is 1.67. The minimum atomic E-state index is 0.702. The molecule has 18 heavy (non-hydrogen) atoms. The van der Waals surface area contributed by atoms with Gasteiger partial charge in [0.25, 0.3) is 0 Å². The van der Waals surface area contributed by atoms with Gasteiger partial charge in [0, 0.05) is 10.6 Å². The second kappa shape index (κ2) is 6.13. The van der Waals surface area contributed by atoms with E-state index in [1.807, 2.05) is 48.5 Å². The largest absolute Gasteiger partial charge is 0.497 e. The molecule has 0 atom stereocenters. The average Bonchev–Trinajstić information content (AvgIpc) is 2.46. The van der Waals surface area contributed by atoms with Crippen molar-refractivity contribution in [2.75, 3.05) is 7.11 Å². The molecule has 0 aromatic heterocycles. The first-order chi connectivity index (χ1) is 8.81. The average molecular weight is 255 g/mol. The lowest BCUT2D eigenvalue weighted by atomic mass is 10.2. The summed E-state index contributed by atoms with van der Waals surface area (Å²) in [6, 6.07) is 17.8. The zero-order chi connectivity index (χ0) is 12.8.